The van der Waals surface area contributed by atoms with Gasteiger partial charge in [0.1, 0.15) is 0 Å². The van der Waals surface area contributed by atoms with Gasteiger partial charge in [-0.05, 0) is 52.5 Å². The zero-order chi connectivity index (χ0) is 13.8. The second-order valence-corrected chi connectivity index (χ2v) is 5.92. The Balaban J connectivity index is 2.03. The molecule has 1 heterocycles. The van der Waals surface area contributed by atoms with Crippen molar-refractivity contribution in [2.24, 2.45) is 0 Å². The lowest BCUT2D eigenvalue weighted by molar-refractivity contribution is 0.0581. The van der Waals surface area contributed by atoms with Crippen molar-refractivity contribution in [3.8, 4) is 0 Å². The van der Waals surface area contributed by atoms with Crippen molar-refractivity contribution < 1.29 is 5.11 Å². The summed E-state index contributed by atoms with van der Waals surface area (Å²) in [5.74, 6) is 0. The lowest BCUT2D eigenvalue weighted by Crippen LogP contribution is -2.47. The Labute approximate surface area is 116 Å². The van der Waals surface area contributed by atoms with Crippen LogP contribution in [-0.4, -0.2) is 60.8 Å². The number of hydrogen-bond donors (Lipinski definition) is 1. The van der Waals surface area contributed by atoms with E-state index in [1.54, 1.807) is 0 Å². The van der Waals surface area contributed by atoms with E-state index in [2.05, 4.69) is 55.1 Å². The summed E-state index contributed by atoms with van der Waals surface area (Å²) in [7, 11) is 4.27. The normalized spacial score (nSPS) is 24.1. The van der Waals surface area contributed by atoms with Gasteiger partial charge in [0.15, 0.2) is 0 Å². The molecule has 1 aliphatic rings. The second-order valence-electron chi connectivity index (χ2n) is 5.92. The monoisotopic (exact) mass is 262 g/mol. The van der Waals surface area contributed by atoms with E-state index in [4.69, 9.17) is 0 Å². The molecular formula is C16H26N2O. The maximum absolute atomic E-state index is 10.6. The number of nitrogens with zero attached hydrogens (tertiary/aromatic N) is 2. The van der Waals surface area contributed by atoms with E-state index >= 15 is 0 Å². The number of aryl methyl sites for hydroxylation is 1. The third-order valence-electron chi connectivity index (χ3n) is 4.09. The first-order valence-electron chi connectivity index (χ1n) is 7.18. The Kier molecular flexibility index (Phi) is 4.97. The number of benzene rings is 1. The minimum absolute atomic E-state index is 0.230. The van der Waals surface area contributed by atoms with Gasteiger partial charge in [0.2, 0.25) is 0 Å². The lowest BCUT2D eigenvalue weighted by atomic mass is 9.99. The SMILES string of the molecule is Cc1cccc(CC(O)C2CN(C)CCCN2C)c1. The largest absolute Gasteiger partial charge is 0.391 e. The Morgan fingerprint density at radius 2 is 2.11 bits per heavy atom. The van der Waals surface area contributed by atoms with E-state index in [0.29, 0.717) is 0 Å². The third kappa shape index (κ3) is 4.03. The first-order valence-corrected chi connectivity index (χ1v) is 7.18. The fraction of sp³-hybridized carbons (Fsp3) is 0.625. The van der Waals surface area contributed by atoms with Crippen LogP contribution >= 0.6 is 0 Å². The molecule has 0 amide bonds. The molecule has 3 heteroatoms. The average Bonchev–Trinajstić information content (AvgIpc) is 2.51. The highest BCUT2D eigenvalue weighted by atomic mass is 16.3. The molecule has 2 rings (SSSR count). The maximum atomic E-state index is 10.6. The number of rotatable bonds is 3. The summed E-state index contributed by atoms with van der Waals surface area (Å²) >= 11 is 0. The van der Waals surface area contributed by atoms with Crippen molar-refractivity contribution in [3.05, 3.63) is 35.4 Å². The van der Waals surface area contributed by atoms with E-state index in [-0.39, 0.29) is 12.1 Å². The second kappa shape index (κ2) is 6.51. The van der Waals surface area contributed by atoms with Crippen LogP contribution < -0.4 is 0 Å². The zero-order valence-corrected chi connectivity index (χ0v) is 12.3. The van der Waals surface area contributed by atoms with Crippen LogP contribution in [0.3, 0.4) is 0 Å². The van der Waals surface area contributed by atoms with Gasteiger partial charge in [-0.1, -0.05) is 29.8 Å². The molecule has 2 unspecified atom stereocenters. The molecule has 0 aromatic heterocycles. The van der Waals surface area contributed by atoms with Crippen molar-refractivity contribution in [2.75, 3.05) is 33.7 Å². The van der Waals surface area contributed by atoms with Gasteiger partial charge in [-0.15, -0.1) is 0 Å². The highest BCUT2D eigenvalue weighted by Crippen LogP contribution is 2.15. The van der Waals surface area contributed by atoms with Gasteiger partial charge < -0.3 is 10.0 Å². The molecule has 0 aliphatic carbocycles. The highest BCUT2D eigenvalue weighted by molar-refractivity contribution is 5.23. The van der Waals surface area contributed by atoms with Crippen LogP contribution in [0, 0.1) is 6.92 Å². The van der Waals surface area contributed by atoms with Crippen molar-refractivity contribution in [3.63, 3.8) is 0 Å². The molecule has 1 aliphatic heterocycles. The summed E-state index contributed by atoms with van der Waals surface area (Å²) in [5.41, 5.74) is 2.49. The van der Waals surface area contributed by atoms with Crippen molar-refractivity contribution in [1.82, 2.24) is 9.80 Å². The standard InChI is InChI=1S/C16H26N2O/c1-13-6-4-7-14(10-13)11-16(19)15-12-17(2)8-5-9-18(15)3/h4,6-7,10,15-16,19H,5,8-9,11-12H2,1-3H3. The molecule has 1 N–H and O–H groups in total. The Morgan fingerprint density at radius 3 is 2.84 bits per heavy atom. The molecule has 1 aromatic rings. The molecule has 0 saturated carbocycles. The topological polar surface area (TPSA) is 26.7 Å². The van der Waals surface area contributed by atoms with Crippen LogP contribution in [0.15, 0.2) is 24.3 Å². The van der Waals surface area contributed by atoms with Gasteiger partial charge in [-0.2, -0.15) is 0 Å². The van der Waals surface area contributed by atoms with E-state index in [1.165, 1.54) is 17.5 Å². The van der Waals surface area contributed by atoms with E-state index in [0.717, 1.165) is 26.1 Å². The summed E-state index contributed by atoms with van der Waals surface area (Å²) in [6, 6.07) is 8.68. The molecular weight excluding hydrogens is 236 g/mol. The molecule has 19 heavy (non-hydrogen) atoms. The summed E-state index contributed by atoms with van der Waals surface area (Å²) in [6.07, 6.45) is 1.62. The van der Waals surface area contributed by atoms with Crippen LogP contribution in [-0.2, 0) is 6.42 Å². The van der Waals surface area contributed by atoms with Gasteiger partial charge in [0.25, 0.3) is 0 Å². The molecule has 3 nitrogen and oxygen atoms in total. The maximum Gasteiger partial charge on any atom is 0.0747 e. The first kappa shape index (κ1) is 14.5. The van der Waals surface area contributed by atoms with Gasteiger partial charge in [-0.3, -0.25) is 4.90 Å². The highest BCUT2D eigenvalue weighted by Gasteiger charge is 2.27. The smallest absolute Gasteiger partial charge is 0.0747 e. The fourth-order valence-corrected chi connectivity index (χ4v) is 2.94. The first-order chi connectivity index (χ1) is 9.06. The van der Waals surface area contributed by atoms with Crippen LogP contribution in [0.25, 0.3) is 0 Å². The molecule has 0 bridgehead atoms. The summed E-state index contributed by atoms with van der Waals surface area (Å²) in [4.78, 5) is 4.64. The van der Waals surface area contributed by atoms with E-state index < -0.39 is 0 Å². The molecule has 106 valence electrons. The third-order valence-corrected chi connectivity index (χ3v) is 4.09. The number of aliphatic hydroxyl groups excluding tert-OH is 1. The fourth-order valence-electron chi connectivity index (χ4n) is 2.94. The molecule has 0 radical (unpaired) electrons. The van der Waals surface area contributed by atoms with Crippen LogP contribution in [0.1, 0.15) is 17.5 Å². The summed E-state index contributed by atoms with van der Waals surface area (Å²) in [6.45, 7) is 5.24. The summed E-state index contributed by atoms with van der Waals surface area (Å²) in [5, 5.41) is 10.6. The van der Waals surface area contributed by atoms with E-state index in [9.17, 15) is 5.11 Å². The predicted molar refractivity (Wildman–Crippen MR) is 79.4 cm³/mol. The molecule has 1 saturated heterocycles. The molecule has 1 aromatic carbocycles. The Hall–Kier alpha value is -0.900. The quantitative estimate of drug-likeness (QED) is 0.895. The number of aliphatic hydroxyl groups is 1. The summed E-state index contributed by atoms with van der Waals surface area (Å²) < 4.78 is 0. The average molecular weight is 262 g/mol. The van der Waals surface area contributed by atoms with E-state index in [1.807, 2.05) is 0 Å². The predicted octanol–water partition coefficient (Wildman–Crippen LogP) is 1.53. The molecule has 0 spiro atoms. The van der Waals surface area contributed by atoms with Gasteiger partial charge in [0.05, 0.1) is 6.10 Å². The minimum Gasteiger partial charge on any atom is -0.391 e. The van der Waals surface area contributed by atoms with Gasteiger partial charge in [0, 0.05) is 12.6 Å². The van der Waals surface area contributed by atoms with Crippen LogP contribution in [0.5, 0.6) is 0 Å². The number of hydrogen-bond acceptors (Lipinski definition) is 3. The van der Waals surface area contributed by atoms with Crippen LogP contribution in [0.4, 0.5) is 0 Å². The lowest BCUT2D eigenvalue weighted by Gasteiger charge is -2.31. The molecule has 1 fully saturated rings. The van der Waals surface area contributed by atoms with Crippen molar-refractivity contribution in [2.45, 2.75) is 31.9 Å². The van der Waals surface area contributed by atoms with Gasteiger partial charge >= 0.3 is 0 Å². The van der Waals surface area contributed by atoms with Crippen LogP contribution in [0.2, 0.25) is 0 Å². The number of likely N-dealkylation sites (N-methyl/N-ethyl adjacent to an activating group) is 2. The van der Waals surface area contributed by atoms with Gasteiger partial charge in [-0.25, -0.2) is 0 Å². The Morgan fingerprint density at radius 1 is 1.32 bits per heavy atom. The van der Waals surface area contributed by atoms with Crippen molar-refractivity contribution in [1.29, 1.82) is 0 Å². The Bertz CT molecular complexity index is 407. The van der Waals surface area contributed by atoms with Crippen molar-refractivity contribution >= 4 is 0 Å². The minimum atomic E-state index is -0.299. The zero-order valence-electron chi connectivity index (χ0n) is 12.3. The molecule has 2 atom stereocenters.